The third-order valence-corrected chi connectivity index (χ3v) is 4.41. The second-order valence-corrected chi connectivity index (χ2v) is 5.88. The van der Waals surface area contributed by atoms with Gasteiger partial charge in [-0.1, -0.05) is 31.0 Å². The number of aromatic nitrogens is 1. The van der Waals surface area contributed by atoms with Crippen molar-refractivity contribution in [2.75, 3.05) is 0 Å². The summed E-state index contributed by atoms with van der Waals surface area (Å²) in [4.78, 5) is 4.21. The number of rotatable bonds is 1. The number of pyridine rings is 1. The normalized spacial score (nSPS) is 24.9. The van der Waals surface area contributed by atoms with Crippen LogP contribution in [0.3, 0.4) is 0 Å². The average Bonchev–Trinajstić information content (AvgIpc) is 2.63. The number of hydrogen-bond donors (Lipinski definition) is 0. The van der Waals surface area contributed by atoms with Gasteiger partial charge < -0.3 is 0 Å². The largest absolute Gasteiger partial charge is 0.264 e. The molecule has 0 aliphatic heterocycles. The van der Waals surface area contributed by atoms with Gasteiger partial charge in [-0.3, -0.25) is 4.98 Å². The quantitative estimate of drug-likeness (QED) is 0.525. The summed E-state index contributed by atoms with van der Waals surface area (Å²) >= 11 is 6.40. The number of benzene rings is 1. The molecule has 0 amide bonds. The lowest BCUT2D eigenvalue weighted by atomic mass is 9.88. The van der Waals surface area contributed by atoms with Crippen molar-refractivity contribution in [3.8, 4) is 0 Å². The Labute approximate surface area is 113 Å². The maximum absolute atomic E-state index is 6.40. The lowest BCUT2D eigenvalue weighted by Gasteiger charge is -2.18. The van der Waals surface area contributed by atoms with Crippen LogP contribution in [0.15, 0.2) is 36.7 Å². The highest BCUT2D eigenvalue weighted by Gasteiger charge is 2.21. The first-order valence-corrected chi connectivity index (χ1v) is 7.25. The van der Waals surface area contributed by atoms with Gasteiger partial charge in [-0.15, -0.1) is 11.6 Å². The van der Waals surface area contributed by atoms with E-state index in [4.69, 9.17) is 11.6 Å². The van der Waals surface area contributed by atoms with Crippen molar-refractivity contribution in [2.24, 2.45) is 0 Å². The van der Waals surface area contributed by atoms with Gasteiger partial charge in [0.05, 0.1) is 0 Å². The van der Waals surface area contributed by atoms with Gasteiger partial charge in [0.15, 0.2) is 0 Å². The van der Waals surface area contributed by atoms with Crippen molar-refractivity contribution in [3.05, 3.63) is 42.2 Å². The number of alkyl halides is 1. The SMILES string of the molecule is ClC1CCCCC(c2cccc3cnccc23)C1. The maximum Gasteiger partial charge on any atom is 0.0346 e. The van der Waals surface area contributed by atoms with Crippen molar-refractivity contribution in [3.63, 3.8) is 0 Å². The summed E-state index contributed by atoms with van der Waals surface area (Å²) in [5.41, 5.74) is 1.46. The summed E-state index contributed by atoms with van der Waals surface area (Å²) in [5.74, 6) is 0.612. The molecule has 2 atom stereocenters. The fourth-order valence-electron chi connectivity index (χ4n) is 3.09. The van der Waals surface area contributed by atoms with E-state index in [1.807, 2.05) is 12.4 Å². The standard InChI is InChI=1S/C16H18ClN/c17-14-6-2-1-4-12(10-14)15-7-3-5-13-11-18-9-8-16(13)15/h3,5,7-9,11-12,14H,1-2,4,6,10H2. The minimum absolute atomic E-state index is 0.342. The van der Waals surface area contributed by atoms with Gasteiger partial charge in [0.2, 0.25) is 0 Å². The van der Waals surface area contributed by atoms with E-state index in [2.05, 4.69) is 29.2 Å². The zero-order valence-corrected chi connectivity index (χ0v) is 11.2. The first-order valence-electron chi connectivity index (χ1n) is 6.81. The fraction of sp³-hybridized carbons (Fsp3) is 0.438. The fourth-order valence-corrected chi connectivity index (χ4v) is 3.46. The molecule has 2 unspecified atom stereocenters. The molecule has 1 aromatic heterocycles. The zero-order valence-electron chi connectivity index (χ0n) is 10.5. The maximum atomic E-state index is 6.40. The number of nitrogens with zero attached hydrogens (tertiary/aromatic N) is 1. The molecule has 2 aromatic rings. The van der Waals surface area contributed by atoms with Crippen LogP contribution in [0.25, 0.3) is 10.8 Å². The number of hydrogen-bond acceptors (Lipinski definition) is 1. The van der Waals surface area contributed by atoms with Gasteiger partial charge in [-0.05, 0) is 42.2 Å². The van der Waals surface area contributed by atoms with Crippen LogP contribution in [0.4, 0.5) is 0 Å². The molecule has 1 aliphatic carbocycles. The van der Waals surface area contributed by atoms with E-state index in [1.54, 1.807) is 0 Å². The molecular weight excluding hydrogens is 242 g/mol. The van der Waals surface area contributed by atoms with Crippen molar-refractivity contribution in [1.29, 1.82) is 0 Å². The Morgan fingerprint density at radius 1 is 1.11 bits per heavy atom. The number of fused-ring (bicyclic) bond motifs is 1. The summed E-state index contributed by atoms with van der Waals surface area (Å²) in [6, 6.07) is 8.69. The Morgan fingerprint density at radius 2 is 2.00 bits per heavy atom. The van der Waals surface area contributed by atoms with Crippen molar-refractivity contribution in [2.45, 2.75) is 43.4 Å². The molecule has 2 heteroatoms. The molecule has 1 nitrogen and oxygen atoms in total. The first kappa shape index (κ1) is 12.0. The van der Waals surface area contributed by atoms with Gasteiger partial charge in [0.25, 0.3) is 0 Å². The van der Waals surface area contributed by atoms with Crippen LogP contribution in [-0.4, -0.2) is 10.4 Å². The van der Waals surface area contributed by atoms with Crippen LogP contribution in [0, 0.1) is 0 Å². The summed E-state index contributed by atoms with van der Waals surface area (Å²) in [7, 11) is 0. The Morgan fingerprint density at radius 3 is 2.94 bits per heavy atom. The molecule has 0 bridgehead atoms. The topological polar surface area (TPSA) is 12.9 Å². The molecule has 1 saturated carbocycles. The Bertz CT molecular complexity index is 532. The van der Waals surface area contributed by atoms with E-state index in [1.165, 1.54) is 42.0 Å². The molecule has 0 radical (unpaired) electrons. The lowest BCUT2D eigenvalue weighted by Crippen LogP contribution is -2.04. The highest BCUT2D eigenvalue weighted by atomic mass is 35.5. The monoisotopic (exact) mass is 259 g/mol. The van der Waals surface area contributed by atoms with E-state index in [0.717, 1.165) is 6.42 Å². The molecule has 0 saturated heterocycles. The van der Waals surface area contributed by atoms with Crippen LogP contribution >= 0.6 is 11.6 Å². The lowest BCUT2D eigenvalue weighted by molar-refractivity contribution is 0.599. The average molecular weight is 260 g/mol. The number of halogens is 1. The molecule has 0 spiro atoms. The van der Waals surface area contributed by atoms with Crippen LogP contribution in [-0.2, 0) is 0 Å². The van der Waals surface area contributed by atoms with Crippen molar-refractivity contribution < 1.29 is 0 Å². The van der Waals surface area contributed by atoms with E-state index in [9.17, 15) is 0 Å². The summed E-state index contributed by atoms with van der Waals surface area (Å²) in [5, 5.41) is 2.93. The molecule has 0 N–H and O–H groups in total. The van der Waals surface area contributed by atoms with Crippen LogP contribution in [0.5, 0.6) is 0 Å². The molecule has 1 heterocycles. The van der Waals surface area contributed by atoms with Crippen LogP contribution in [0.1, 0.15) is 43.6 Å². The molecule has 1 aromatic carbocycles. The van der Waals surface area contributed by atoms with Gasteiger partial charge in [0, 0.05) is 23.2 Å². The predicted molar refractivity (Wildman–Crippen MR) is 77.2 cm³/mol. The summed E-state index contributed by atoms with van der Waals surface area (Å²) < 4.78 is 0. The molecule has 94 valence electrons. The third-order valence-electron chi connectivity index (χ3n) is 4.01. The van der Waals surface area contributed by atoms with E-state index in [0.29, 0.717) is 11.3 Å². The minimum Gasteiger partial charge on any atom is -0.264 e. The van der Waals surface area contributed by atoms with Crippen LogP contribution < -0.4 is 0 Å². The predicted octanol–water partition coefficient (Wildman–Crippen LogP) is 4.89. The van der Waals surface area contributed by atoms with Crippen molar-refractivity contribution in [1.82, 2.24) is 4.98 Å². The highest BCUT2D eigenvalue weighted by Crippen LogP contribution is 2.36. The minimum atomic E-state index is 0.342. The van der Waals surface area contributed by atoms with E-state index in [-0.39, 0.29) is 0 Å². The third kappa shape index (κ3) is 2.37. The smallest absolute Gasteiger partial charge is 0.0346 e. The summed E-state index contributed by atoms with van der Waals surface area (Å²) in [6.45, 7) is 0. The Hall–Kier alpha value is -1.08. The first-order chi connectivity index (χ1) is 8.84. The second-order valence-electron chi connectivity index (χ2n) is 5.26. The van der Waals surface area contributed by atoms with Gasteiger partial charge >= 0.3 is 0 Å². The second kappa shape index (κ2) is 5.27. The molecule has 18 heavy (non-hydrogen) atoms. The molecule has 1 aliphatic rings. The Balaban J connectivity index is 2.02. The summed E-state index contributed by atoms with van der Waals surface area (Å²) in [6.07, 6.45) is 9.97. The van der Waals surface area contributed by atoms with Gasteiger partial charge in [-0.25, -0.2) is 0 Å². The van der Waals surface area contributed by atoms with Gasteiger partial charge in [-0.2, -0.15) is 0 Å². The van der Waals surface area contributed by atoms with E-state index < -0.39 is 0 Å². The van der Waals surface area contributed by atoms with Gasteiger partial charge in [0.1, 0.15) is 0 Å². The van der Waals surface area contributed by atoms with Crippen LogP contribution in [0.2, 0.25) is 0 Å². The Kier molecular flexibility index (Phi) is 3.51. The molecular formula is C16H18ClN. The van der Waals surface area contributed by atoms with Crippen molar-refractivity contribution >= 4 is 22.4 Å². The molecule has 3 rings (SSSR count). The van der Waals surface area contributed by atoms with E-state index >= 15 is 0 Å². The zero-order chi connectivity index (χ0) is 12.4. The highest BCUT2D eigenvalue weighted by molar-refractivity contribution is 6.20. The molecule has 1 fully saturated rings.